The molecule has 0 aliphatic rings. The van der Waals surface area contributed by atoms with Crippen LogP contribution < -0.4 is 10.7 Å². The zero-order valence-corrected chi connectivity index (χ0v) is 11.1. The van der Waals surface area contributed by atoms with E-state index in [1.54, 1.807) is 0 Å². The molecule has 0 aliphatic carbocycles. The molecule has 0 aliphatic heterocycles. The first-order valence-corrected chi connectivity index (χ1v) is 5.90. The lowest BCUT2D eigenvalue weighted by atomic mass is 10.2. The predicted octanol–water partition coefficient (Wildman–Crippen LogP) is 1.20. The third kappa shape index (κ3) is 4.92. The van der Waals surface area contributed by atoms with Crippen molar-refractivity contribution in [3.05, 3.63) is 47.0 Å². The van der Waals surface area contributed by atoms with Gasteiger partial charge >= 0.3 is 11.8 Å². The molecule has 5 nitrogen and oxygen atoms in total. The van der Waals surface area contributed by atoms with Gasteiger partial charge in [-0.3, -0.25) is 9.59 Å². The minimum absolute atomic E-state index is 0.239. The standard InChI is InChI=1S/C12H12BrN3O2/c1-2-7-14-11(17)12(18)16-15-8-9-3-5-10(13)6-4-9/h2-6,8H,1,7H2,(H,14,17)(H,16,18)/b15-8-. The van der Waals surface area contributed by atoms with Crippen molar-refractivity contribution in [3.63, 3.8) is 0 Å². The summed E-state index contributed by atoms with van der Waals surface area (Å²) in [6.07, 6.45) is 2.93. The van der Waals surface area contributed by atoms with E-state index in [2.05, 4.69) is 38.4 Å². The maximum absolute atomic E-state index is 11.2. The van der Waals surface area contributed by atoms with Crippen LogP contribution in [0, 0.1) is 0 Å². The van der Waals surface area contributed by atoms with Gasteiger partial charge in [0.25, 0.3) is 0 Å². The molecule has 1 rings (SSSR count). The fourth-order valence-corrected chi connectivity index (χ4v) is 1.27. The van der Waals surface area contributed by atoms with Crippen molar-refractivity contribution in [2.24, 2.45) is 5.10 Å². The van der Waals surface area contributed by atoms with E-state index in [1.807, 2.05) is 24.3 Å². The van der Waals surface area contributed by atoms with Crippen molar-refractivity contribution in [2.75, 3.05) is 6.54 Å². The number of nitrogens with one attached hydrogen (secondary N) is 2. The fourth-order valence-electron chi connectivity index (χ4n) is 1.01. The maximum Gasteiger partial charge on any atom is 0.329 e. The molecule has 1 aromatic rings. The zero-order valence-electron chi connectivity index (χ0n) is 9.52. The van der Waals surface area contributed by atoms with Gasteiger partial charge in [0.1, 0.15) is 0 Å². The van der Waals surface area contributed by atoms with Crippen molar-refractivity contribution < 1.29 is 9.59 Å². The summed E-state index contributed by atoms with van der Waals surface area (Å²) in [5, 5.41) is 6.01. The van der Waals surface area contributed by atoms with Crippen LogP contribution in [0.4, 0.5) is 0 Å². The molecule has 0 spiro atoms. The topological polar surface area (TPSA) is 70.6 Å². The van der Waals surface area contributed by atoms with Gasteiger partial charge in [0.15, 0.2) is 0 Å². The van der Waals surface area contributed by atoms with E-state index < -0.39 is 11.8 Å². The van der Waals surface area contributed by atoms with Gasteiger partial charge in [-0.2, -0.15) is 5.10 Å². The van der Waals surface area contributed by atoms with Crippen molar-refractivity contribution >= 4 is 34.0 Å². The monoisotopic (exact) mass is 309 g/mol. The molecular weight excluding hydrogens is 298 g/mol. The van der Waals surface area contributed by atoms with Crippen molar-refractivity contribution in [1.29, 1.82) is 0 Å². The Morgan fingerprint density at radius 1 is 1.28 bits per heavy atom. The molecule has 0 atom stereocenters. The van der Waals surface area contributed by atoms with Crippen molar-refractivity contribution in [2.45, 2.75) is 0 Å². The predicted molar refractivity (Wildman–Crippen MR) is 73.1 cm³/mol. The minimum Gasteiger partial charge on any atom is -0.344 e. The maximum atomic E-state index is 11.2. The summed E-state index contributed by atoms with van der Waals surface area (Å²) in [6.45, 7) is 3.66. The first kappa shape index (κ1) is 14.1. The Morgan fingerprint density at radius 3 is 2.56 bits per heavy atom. The first-order valence-electron chi connectivity index (χ1n) is 5.11. The van der Waals surface area contributed by atoms with Gasteiger partial charge in [0.05, 0.1) is 6.21 Å². The van der Waals surface area contributed by atoms with Crippen LogP contribution in [0.5, 0.6) is 0 Å². The van der Waals surface area contributed by atoms with Gasteiger partial charge in [-0.25, -0.2) is 5.43 Å². The molecule has 2 N–H and O–H groups in total. The largest absolute Gasteiger partial charge is 0.344 e. The number of rotatable bonds is 4. The van der Waals surface area contributed by atoms with Gasteiger partial charge in [0, 0.05) is 11.0 Å². The van der Waals surface area contributed by atoms with Crippen LogP contribution in [-0.2, 0) is 9.59 Å². The van der Waals surface area contributed by atoms with Gasteiger partial charge < -0.3 is 5.32 Å². The molecule has 0 heterocycles. The molecule has 94 valence electrons. The molecular formula is C12H12BrN3O2. The first-order chi connectivity index (χ1) is 8.63. The molecule has 2 amide bonds. The van der Waals surface area contributed by atoms with E-state index in [0.29, 0.717) is 0 Å². The SMILES string of the molecule is C=CCNC(=O)C(=O)N/N=C\c1ccc(Br)cc1. The summed E-state index contributed by atoms with van der Waals surface area (Å²) in [4.78, 5) is 22.4. The molecule has 0 saturated carbocycles. The summed E-state index contributed by atoms with van der Waals surface area (Å²) < 4.78 is 0.951. The lowest BCUT2D eigenvalue weighted by molar-refractivity contribution is -0.139. The fraction of sp³-hybridized carbons (Fsp3) is 0.0833. The summed E-state index contributed by atoms with van der Waals surface area (Å²) in [5.74, 6) is -1.56. The third-order valence-electron chi connectivity index (χ3n) is 1.86. The van der Waals surface area contributed by atoms with Crippen LogP contribution in [0.1, 0.15) is 5.56 Å². The average Bonchev–Trinajstić information content (AvgIpc) is 2.38. The Morgan fingerprint density at radius 2 is 1.94 bits per heavy atom. The molecule has 0 radical (unpaired) electrons. The number of benzene rings is 1. The third-order valence-corrected chi connectivity index (χ3v) is 2.39. The van der Waals surface area contributed by atoms with Crippen LogP contribution in [0.25, 0.3) is 0 Å². The molecule has 18 heavy (non-hydrogen) atoms. The number of hydrazone groups is 1. The van der Waals surface area contributed by atoms with Crippen LogP contribution in [0.15, 0.2) is 46.5 Å². The molecule has 1 aromatic carbocycles. The van der Waals surface area contributed by atoms with Gasteiger partial charge in [-0.1, -0.05) is 34.1 Å². The Bertz CT molecular complexity index is 469. The normalized spacial score (nSPS) is 10.1. The summed E-state index contributed by atoms with van der Waals surface area (Å²) in [5.41, 5.74) is 2.94. The summed E-state index contributed by atoms with van der Waals surface area (Å²) in [7, 11) is 0. The number of carbonyl (C=O) groups excluding carboxylic acids is 2. The number of hydrogen-bond donors (Lipinski definition) is 2. The van der Waals surface area contributed by atoms with Crippen LogP contribution in [0.3, 0.4) is 0 Å². The number of hydrogen-bond acceptors (Lipinski definition) is 3. The lowest BCUT2D eigenvalue weighted by Crippen LogP contribution is -2.37. The van der Waals surface area contributed by atoms with E-state index in [0.717, 1.165) is 10.0 Å². The average molecular weight is 310 g/mol. The smallest absolute Gasteiger partial charge is 0.329 e. The Kier molecular flexibility index (Phi) is 5.79. The van der Waals surface area contributed by atoms with Crippen LogP contribution >= 0.6 is 15.9 Å². The highest BCUT2D eigenvalue weighted by Gasteiger charge is 2.10. The van der Waals surface area contributed by atoms with Gasteiger partial charge in [0.2, 0.25) is 0 Å². The molecule has 0 fully saturated rings. The molecule has 6 heteroatoms. The van der Waals surface area contributed by atoms with E-state index in [9.17, 15) is 9.59 Å². The van der Waals surface area contributed by atoms with Gasteiger partial charge in [-0.15, -0.1) is 6.58 Å². The number of nitrogens with zero attached hydrogens (tertiary/aromatic N) is 1. The van der Waals surface area contributed by atoms with E-state index >= 15 is 0 Å². The number of amides is 2. The highest BCUT2D eigenvalue weighted by Crippen LogP contribution is 2.08. The highest BCUT2D eigenvalue weighted by atomic mass is 79.9. The lowest BCUT2D eigenvalue weighted by Gasteiger charge is -1.99. The zero-order chi connectivity index (χ0) is 13.4. The summed E-state index contributed by atoms with van der Waals surface area (Å²) >= 11 is 3.30. The number of halogens is 1. The van der Waals surface area contributed by atoms with Crippen molar-refractivity contribution in [1.82, 2.24) is 10.7 Å². The number of carbonyl (C=O) groups is 2. The molecule has 0 saturated heterocycles. The Hall–Kier alpha value is -1.95. The van der Waals surface area contributed by atoms with E-state index in [-0.39, 0.29) is 6.54 Å². The van der Waals surface area contributed by atoms with Gasteiger partial charge in [-0.05, 0) is 17.7 Å². The van der Waals surface area contributed by atoms with Crippen molar-refractivity contribution in [3.8, 4) is 0 Å². The molecule has 0 bridgehead atoms. The molecule has 0 aromatic heterocycles. The molecule has 0 unspecified atom stereocenters. The Labute approximate surface area is 113 Å². The second-order valence-electron chi connectivity index (χ2n) is 3.25. The second kappa shape index (κ2) is 7.39. The van der Waals surface area contributed by atoms with Crippen LogP contribution in [-0.4, -0.2) is 24.6 Å². The minimum atomic E-state index is -0.815. The van der Waals surface area contributed by atoms with Crippen LogP contribution in [0.2, 0.25) is 0 Å². The Balaban J connectivity index is 2.44. The second-order valence-corrected chi connectivity index (χ2v) is 4.17. The van der Waals surface area contributed by atoms with E-state index in [1.165, 1.54) is 12.3 Å². The summed E-state index contributed by atoms with van der Waals surface area (Å²) in [6, 6.07) is 7.33. The quantitative estimate of drug-likeness (QED) is 0.380. The van der Waals surface area contributed by atoms with E-state index in [4.69, 9.17) is 0 Å². The highest BCUT2D eigenvalue weighted by molar-refractivity contribution is 9.10.